The van der Waals surface area contributed by atoms with Crippen molar-refractivity contribution >= 4 is 23.3 Å². The van der Waals surface area contributed by atoms with E-state index in [1.807, 2.05) is 56.3 Å². The molecular formula is C29H34N4O. The Morgan fingerprint density at radius 2 is 1.94 bits per heavy atom. The van der Waals surface area contributed by atoms with Gasteiger partial charge >= 0.3 is 0 Å². The molecule has 2 aromatic rings. The molecular weight excluding hydrogens is 420 g/mol. The van der Waals surface area contributed by atoms with E-state index in [1.165, 1.54) is 11.1 Å². The second kappa shape index (κ2) is 12.4. The number of hydrogen-bond acceptors (Lipinski definition) is 4. The van der Waals surface area contributed by atoms with Gasteiger partial charge in [-0.2, -0.15) is 5.10 Å². The molecule has 34 heavy (non-hydrogen) atoms. The highest BCUT2D eigenvalue weighted by molar-refractivity contribution is 5.97. The lowest BCUT2D eigenvalue weighted by atomic mass is 9.92. The SMILES string of the molecule is C/C=C\c1ccccc1N=C(C)COC1=CCC=C(CC(C)c2cccc(/C(N)=N/N)c2)C=C1. The van der Waals surface area contributed by atoms with Gasteiger partial charge in [-0.05, 0) is 68.0 Å². The third kappa shape index (κ3) is 7.07. The number of nitrogens with two attached hydrogens (primary N) is 2. The molecule has 1 unspecified atom stereocenters. The van der Waals surface area contributed by atoms with Crippen molar-refractivity contribution in [1.82, 2.24) is 0 Å². The molecule has 1 aliphatic rings. The van der Waals surface area contributed by atoms with Crippen molar-refractivity contribution in [3.63, 3.8) is 0 Å². The summed E-state index contributed by atoms with van der Waals surface area (Å²) in [7, 11) is 0. The Bertz CT molecular complexity index is 1170. The zero-order valence-electron chi connectivity index (χ0n) is 20.2. The zero-order valence-corrected chi connectivity index (χ0v) is 20.2. The van der Waals surface area contributed by atoms with Crippen LogP contribution in [0.4, 0.5) is 5.69 Å². The Labute approximate surface area is 202 Å². The fourth-order valence-corrected chi connectivity index (χ4v) is 3.80. The van der Waals surface area contributed by atoms with Crippen molar-refractivity contribution in [3.05, 3.63) is 107 Å². The minimum atomic E-state index is 0.329. The van der Waals surface area contributed by atoms with E-state index in [1.54, 1.807) is 0 Å². The van der Waals surface area contributed by atoms with Gasteiger partial charge in [0.05, 0.1) is 11.4 Å². The number of rotatable bonds is 9. The number of hydrazone groups is 1. The van der Waals surface area contributed by atoms with Crippen LogP contribution in [0.3, 0.4) is 0 Å². The first-order valence-corrected chi connectivity index (χ1v) is 11.6. The van der Waals surface area contributed by atoms with Gasteiger partial charge in [-0.15, -0.1) is 0 Å². The molecule has 0 amide bonds. The summed E-state index contributed by atoms with van der Waals surface area (Å²) in [5, 5.41) is 3.60. The van der Waals surface area contributed by atoms with Crippen LogP contribution >= 0.6 is 0 Å². The van der Waals surface area contributed by atoms with Crippen molar-refractivity contribution in [2.24, 2.45) is 21.7 Å². The van der Waals surface area contributed by atoms with Gasteiger partial charge in [0.1, 0.15) is 18.2 Å². The fraction of sp³-hybridized carbons (Fsp3) is 0.241. The van der Waals surface area contributed by atoms with E-state index < -0.39 is 0 Å². The lowest BCUT2D eigenvalue weighted by Crippen LogP contribution is -2.15. The number of hydrogen-bond donors (Lipinski definition) is 2. The molecule has 0 radical (unpaired) electrons. The third-order valence-electron chi connectivity index (χ3n) is 5.64. The van der Waals surface area contributed by atoms with Gasteiger partial charge in [-0.3, -0.25) is 4.99 Å². The number of nitrogens with zero attached hydrogens (tertiary/aromatic N) is 2. The van der Waals surface area contributed by atoms with Crippen LogP contribution in [-0.2, 0) is 4.74 Å². The number of para-hydroxylation sites is 1. The molecule has 4 N–H and O–H groups in total. The summed E-state index contributed by atoms with van der Waals surface area (Å²) in [6, 6.07) is 16.2. The average Bonchev–Trinajstić information content (AvgIpc) is 3.08. The summed E-state index contributed by atoms with van der Waals surface area (Å²) >= 11 is 0. The summed E-state index contributed by atoms with van der Waals surface area (Å²) in [5.41, 5.74) is 12.2. The van der Waals surface area contributed by atoms with Gasteiger partial charge in [0.2, 0.25) is 0 Å². The molecule has 0 aromatic heterocycles. The normalized spacial score (nSPS) is 15.6. The Balaban J connectivity index is 1.58. The molecule has 3 rings (SSSR count). The summed E-state index contributed by atoms with van der Waals surface area (Å²) in [5.74, 6) is 6.87. The van der Waals surface area contributed by atoms with Gasteiger partial charge in [-0.1, -0.05) is 73.2 Å². The smallest absolute Gasteiger partial charge is 0.150 e. The first-order chi connectivity index (χ1) is 16.5. The molecule has 176 valence electrons. The number of benzene rings is 2. The molecule has 0 heterocycles. The Morgan fingerprint density at radius 1 is 1.12 bits per heavy atom. The highest BCUT2D eigenvalue weighted by Gasteiger charge is 2.10. The predicted molar refractivity (Wildman–Crippen MR) is 144 cm³/mol. The molecule has 5 heteroatoms. The Morgan fingerprint density at radius 3 is 2.74 bits per heavy atom. The van der Waals surface area contributed by atoms with Gasteiger partial charge in [0, 0.05) is 5.56 Å². The maximum Gasteiger partial charge on any atom is 0.150 e. The maximum absolute atomic E-state index is 6.04. The summed E-state index contributed by atoms with van der Waals surface area (Å²) in [4.78, 5) is 4.75. The van der Waals surface area contributed by atoms with E-state index in [0.29, 0.717) is 18.4 Å². The monoisotopic (exact) mass is 454 g/mol. The van der Waals surface area contributed by atoms with Crippen molar-refractivity contribution in [1.29, 1.82) is 0 Å². The quantitative estimate of drug-likeness (QED) is 0.200. The topological polar surface area (TPSA) is 86.0 Å². The fourth-order valence-electron chi connectivity index (χ4n) is 3.80. The molecule has 2 aromatic carbocycles. The van der Waals surface area contributed by atoms with Crippen LogP contribution in [0.25, 0.3) is 6.08 Å². The van der Waals surface area contributed by atoms with Crippen LogP contribution in [0.2, 0.25) is 0 Å². The van der Waals surface area contributed by atoms with Crippen molar-refractivity contribution in [2.75, 3.05) is 6.61 Å². The number of aliphatic imine (C=N–C) groups is 1. The summed E-state index contributed by atoms with van der Waals surface area (Å²) in [6.07, 6.45) is 14.4. The van der Waals surface area contributed by atoms with Crippen molar-refractivity contribution < 1.29 is 4.74 Å². The van der Waals surface area contributed by atoms with Crippen LogP contribution in [0.1, 0.15) is 56.2 Å². The molecule has 0 bridgehead atoms. The molecule has 0 spiro atoms. The first-order valence-electron chi connectivity index (χ1n) is 11.6. The number of ether oxygens (including phenoxy) is 1. The van der Waals surface area contributed by atoms with Crippen LogP contribution in [0, 0.1) is 0 Å². The Kier molecular flexibility index (Phi) is 9.04. The van der Waals surface area contributed by atoms with Crippen LogP contribution in [0.5, 0.6) is 0 Å². The summed E-state index contributed by atoms with van der Waals surface area (Å²) < 4.78 is 6.04. The standard InChI is InChI=1S/C29H34N4O/c1-4-9-24-11-5-6-15-28(24)32-22(3)20-34-27-14-7-10-23(16-17-27)18-21(2)25-12-8-13-26(19-25)29(30)33-31/h4-6,8-17,19,21H,7,18,20,31H2,1-3H3,(H2,30,33)/b9-4-,32-22?. The van der Waals surface area contributed by atoms with Crippen LogP contribution in [0.15, 0.2) is 100 Å². The molecule has 5 nitrogen and oxygen atoms in total. The minimum absolute atomic E-state index is 0.329. The lowest BCUT2D eigenvalue weighted by molar-refractivity contribution is 0.272. The highest BCUT2D eigenvalue weighted by atomic mass is 16.5. The van der Waals surface area contributed by atoms with Crippen molar-refractivity contribution in [2.45, 2.75) is 39.5 Å². The molecule has 0 saturated carbocycles. The number of amidine groups is 1. The van der Waals surface area contributed by atoms with E-state index in [9.17, 15) is 0 Å². The molecule has 1 atom stereocenters. The molecule has 1 aliphatic carbocycles. The van der Waals surface area contributed by atoms with E-state index in [2.05, 4.69) is 54.5 Å². The predicted octanol–water partition coefficient (Wildman–Crippen LogP) is 6.37. The van der Waals surface area contributed by atoms with Crippen LogP contribution < -0.4 is 11.6 Å². The average molecular weight is 455 g/mol. The first kappa shape index (κ1) is 24.8. The van der Waals surface area contributed by atoms with Gasteiger partial charge in [0.25, 0.3) is 0 Å². The Hall–Kier alpha value is -3.86. The second-order valence-corrected chi connectivity index (χ2v) is 8.39. The van der Waals surface area contributed by atoms with E-state index in [4.69, 9.17) is 21.3 Å². The zero-order chi connectivity index (χ0) is 24.3. The largest absolute Gasteiger partial charge is 0.488 e. The molecule has 0 saturated heterocycles. The highest BCUT2D eigenvalue weighted by Crippen LogP contribution is 2.26. The molecule has 0 aliphatic heterocycles. The lowest BCUT2D eigenvalue weighted by Gasteiger charge is -2.14. The van der Waals surface area contributed by atoms with E-state index in [-0.39, 0.29) is 0 Å². The van der Waals surface area contributed by atoms with Gasteiger partial charge in [-0.25, -0.2) is 0 Å². The van der Waals surface area contributed by atoms with Crippen molar-refractivity contribution in [3.8, 4) is 0 Å². The maximum atomic E-state index is 6.04. The van der Waals surface area contributed by atoms with Gasteiger partial charge in [0.15, 0.2) is 0 Å². The molecule has 0 fully saturated rings. The third-order valence-corrected chi connectivity index (χ3v) is 5.64. The minimum Gasteiger partial charge on any atom is -0.488 e. The second-order valence-electron chi connectivity index (χ2n) is 8.39. The van der Waals surface area contributed by atoms with Gasteiger partial charge < -0.3 is 16.3 Å². The van der Waals surface area contributed by atoms with E-state index >= 15 is 0 Å². The van der Waals surface area contributed by atoms with E-state index in [0.717, 1.165) is 41.1 Å². The summed E-state index contributed by atoms with van der Waals surface area (Å²) in [6.45, 7) is 6.66. The van der Waals surface area contributed by atoms with Crippen LogP contribution in [-0.4, -0.2) is 18.2 Å². The number of allylic oxidation sites excluding steroid dienone is 6.